The number of hydrogen-bond acceptors (Lipinski definition) is 2. The van der Waals surface area contributed by atoms with Gasteiger partial charge in [0.05, 0.1) is 10.7 Å². The first-order chi connectivity index (χ1) is 6.84. The molecule has 0 aliphatic heterocycles. The van der Waals surface area contributed by atoms with E-state index in [-0.39, 0.29) is 0 Å². The second-order valence-corrected chi connectivity index (χ2v) is 4.10. The maximum absolute atomic E-state index is 4.36. The van der Waals surface area contributed by atoms with E-state index in [0.29, 0.717) is 0 Å². The minimum absolute atomic E-state index is 1.04. The number of hydrogen-bond donors (Lipinski definition) is 0. The van der Waals surface area contributed by atoms with Crippen LogP contribution in [0.1, 0.15) is 16.3 Å². The van der Waals surface area contributed by atoms with Crippen molar-refractivity contribution in [2.24, 2.45) is 0 Å². The quantitative estimate of drug-likeness (QED) is 0.723. The van der Waals surface area contributed by atoms with Crippen LogP contribution in [-0.2, 0) is 0 Å². The van der Waals surface area contributed by atoms with E-state index in [1.165, 1.54) is 5.56 Å². The van der Waals surface area contributed by atoms with Crippen LogP contribution >= 0.6 is 11.3 Å². The van der Waals surface area contributed by atoms with Crippen molar-refractivity contribution in [1.82, 2.24) is 4.98 Å². The van der Waals surface area contributed by atoms with Gasteiger partial charge in [0, 0.05) is 5.38 Å². The lowest BCUT2D eigenvalue weighted by molar-refractivity contribution is 1.28. The minimum Gasteiger partial charge on any atom is -0.242 e. The molecular weight excluding hydrogens is 190 g/mol. The van der Waals surface area contributed by atoms with Crippen LogP contribution in [-0.4, -0.2) is 4.98 Å². The summed E-state index contributed by atoms with van der Waals surface area (Å²) in [6.07, 6.45) is 4.12. The first kappa shape index (κ1) is 9.16. The van der Waals surface area contributed by atoms with E-state index >= 15 is 0 Å². The zero-order valence-electron chi connectivity index (χ0n) is 7.97. The predicted octanol–water partition coefficient (Wildman–Crippen LogP) is 3.62. The third kappa shape index (κ3) is 2.30. The molecule has 0 unspecified atom stereocenters. The van der Waals surface area contributed by atoms with Crippen molar-refractivity contribution in [1.29, 1.82) is 0 Å². The highest BCUT2D eigenvalue weighted by Crippen LogP contribution is 2.11. The summed E-state index contributed by atoms with van der Waals surface area (Å²) >= 11 is 1.68. The van der Waals surface area contributed by atoms with E-state index in [4.69, 9.17) is 0 Å². The third-order valence-corrected chi connectivity index (χ3v) is 2.67. The van der Waals surface area contributed by atoms with Gasteiger partial charge in [0.15, 0.2) is 0 Å². The van der Waals surface area contributed by atoms with Gasteiger partial charge >= 0.3 is 0 Å². The smallest absolute Gasteiger partial charge is 0.0901 e. The van der Waals surface area contributed by atoms with Gasteiger partial charge in [0.25, 0.3) is 0 Å². The molecule has 1 nitrogen and oxygen atoms in total. The van der Waals surface area contributed by atoms with Crippen LogP contribution in [0.5, 0.6) is 0 Å². The largest absolute Gasteiger partial charge is 0.242 e. The molecule has 0 spiro atoms. The average molecular weight is 201 g/mol. The van der Waals surface area contributed by atoms with Gasteiger partial charge < -0.3 is 0 Å². The van der Waals surface area contributed by atoms with Crippen LogP contribution < -0.4 is 0 Å². The van der Waals surface area contributed by atoms with Crippen molar-refractivity contribution in [3.05, 3.63) is 52.0 Å². The summed E-state index contributed by atoms with van der Waals surface area (Å²) in [5.74, 6) is 0. The normalized spacial score (nSPS) is 10.9. The van der Waals surface area contributed by atoms with Crippen LogP contribution in [0.25, 0.3) is 12.2 Å². The Kier molecular flexibility index (Phi) is 2.75. The van der Waals surface area contributed by atoms with E-state index in [9.17, 15) is 0 Å². The fourth-order valence-corrected chi connectivity index (χ4v) is 1.78. The summed E-state index contributed by atoms with van der Waals surface area (Å²) in [5, 5.41) is 3.17. The lowest BCUT2D eigenvalue weighted by atomic mass is 10.2. The zero-order chi connectivity index (χ0) is 9.80. The standard InChI is InChI=1S/C12H11NS/c1-10-13-12(9-14-10)8-7-11-5-3-2-4-6-11/h2-9H,1H3/b8-7+. The molecule has 0 aliphatic rings. The van der Waals surface area contributed by atoms with Crippen molar-refractivity contribution >= 4 is 23.5 Å². The first-order valence-corrected chi connectivity index (χ1v) is 5.38. The van der Waals surface area contributed by atoms with Gasteiger partial charge in [0.2, 0.25) is 0 Å². The Labute approximate surface area is 87.8 Å². The molecule has 0 bridgehead atoms. The molecular formula is C12H11NS. The number of aromatic nitrogens is 1. The molecule has 0 amide bonds. The number of rotatable bonds is 2. The molecule has 0 aliphatic carbocycles. The molecule has 0 fully saturated rings. The topological polar surface area (TPSA) is 12.9 Å². The van der Waals surface area contributed by atoms with Crippen molar-refractivity contribution in [2.45, 2.75) is 6.92 Å². The van der Waals surface area contributed by atoms with Crippen molar-refractivity contribution in [3.8, 4) is 0 Å². The SMILES string of the molecule is Cc1nc(/C=C/c2ccccc2)cs1. The van der Waals surface area contributed by atoms with Gasteiger partial charge in [-0.1, -0.05) is 36.4 Å². The molecule has 0 radical (unpaired) electrons. The number of benzene rings is 1. The van der Waals surface area contributed by atoms with Crippen molar-refractivity contribution in [2.75, 3.05) is 0 Å². The fraction of sp³-hybridized carbons (Fsp3) is 0.0833. The van der Waals surface area contributed by atoms with Crippen LogP contribution in [0, 0.1) is 6.92 Å². The van der Waals surface area contributed by atoms with Crippen molar-refractivity contribution < 1.29 is 0 Å². The van der Waals surface area contributed by atoms with Gasteiger partial charge in [-0.05, 0) is 18.6 Å². The summed E-state index contributed by atoms with van der Waals surface area (Å²) < 4.78 is 0. The Morgan fingerprint density at radius 2 is 1.93 bits per heavy atom. The summed E-state index contributed by atoms with van der Waals surface area (Å²) in [6.45, 7) is 2.02. The number of aryl methyl sites for hydroxylation is 1. The molecule has 0 N–H and O–H groups in total. The minimum atomic E-state index is 1.04. The Bertz CT molecular complexity index is 429. The molecule has 0 atom stereocenters. The Morgan fingerprint density at radius 1 is 1.14 bits per heavy atom. The van der Waals surface area contributed by atoms with E-state index < -0.39 is 0 Å². The molecule has 2 heteroatoms. The van der Waals surface area contributed by atoms with Crippen LogP contribution in [0.4, 0.5) is 0 Å². The van der Waals surface area contributed by atoms with Crippen molar-refractivity contribution in [3.63, 3.8) is 0 Å². The second kappa shape index (κ2) is 4.20. The molecule has 70 valence electrons. The highest BCUT2D eigenvalue weighted by atomic mass is 32.1. The number of thiazole rings is 1. The second-order valence-electron chi connectivity index (χ2n) is 3.04. The fourth-order valence-electron chi connectivity index (χ4n) is 1.20. The highest BCUT2D eigenvalue weighted by molar-refractivity contribution is 7.09. The lowest BCUT2D eigenvalue weighted by Gasteiger charge is -1.89. The van der Waals surface area contributed by atoms with Crippen LogP contribution in [0.3, 0.4) is 0 Å². The van der Waals surface area contributed by atoms with Gasteiger partial charge in [0.1, 0.15) is 0 Å². The van der Waals surface area contributed by atoms with Crippen LogP contribution in [0.2, 0.25) is 0 Å². The highest BCUT2D eigenvalue weighted by Gasteiger charge is 1.91. The Hall–Kier alpha value is -1.41. The summed E-state index contributed by atoms with van der Waals surface area (Å²) in [6, 6.07) is 10.2. The monoisotopic (exact) mass is 201 g/mol. The lowest BCUT2D eigenvalue weighted by Crippen LogP contribution is -1.72. The summed E-state index contributed by atoms with van der Waals surface area (Å²) in [7, 11) is 0. The Morgan fingerprint density at radius 3 is 2.57 bits per heavy atom. The van der Waals surface area contributed by atoms with E-state index in [0.717, 1.165) is 10.7 Å². The predicted molar refractivity (Wildman–Crippen MR) is 62.2 cm³/mol. The van der Waals surface area contributed by atoms with Gasteiger partial charge in [-0.3, -0.25) is 0 Å². The zero-order valence-corrected chi connectivity index (χ0v) is 8.79. The van der Waals surface area contributed by atoms with Crippen LogP contribution in [0.15, 0.2) is 35.7 Å². The molecule has 1 aromatic heterocycles. The van der Waals surface area contributed by atoms with E-state index in [2.05, 4.69) is 28.6 Å². The molecule has 14 heavy (non-hydrogen) atoms. The summed E-state index contributed by atoms with van der Waals surface area (Å²) in [4.78, 5) is 4.36. The van der Waals surface area contributed by atoms with Gasteiger partial charge in [-0.2, -0.15) is 0 Å². The molecule has 0 saturated heterocycles. The first-order valence-electron chi connectivity index (χ1n) is 4.50. The average Bonchev–Trinajstić information content (AvgIpc) is 2.63. The van der Waals surface area contributed by atoms with Gasteiger partial charge in [-0.15, -0.1) is 11.3 Å². The summed E-state index contributed by atoms with van der Waals surface area (Å²) in [5.41, 5.74) is 2.24. The molecule has 1 aromatic carbocycles. The van der Waals surface area contributed by atoms with E-state index in [1.807, 2.05) is 31.2 Å². The molecule has 0 saturated carbocycles. The Balaban J connectivity index is 2.15. The molecule has 2 aromatic rings. The number of nitrogens with zero attached hydrogens (tertiary/aromatic N) is 1. The third-order valence-electron chi connectivity index (χ3n) is 1.88. The maximum Gasteiger partial charge on any atom is 0.0901 e. The maximum atomic E-state index is 4.36. The van der Waals surface area contributed by atoms with Gasteiger partial charge in [-0.25, -0.2) is 4.98 Å². The van der Waals surface area contributed by atoms with E-state index in [1.54, 1.807) is 11.3 Å². The molecule has 2 rings (SSSR count). The molecule has 1 heterocycles.